The van der Waals surface area contributed by atoms with Gasteiger partial charge in [-0.15, -0.1) is 13.2 Å². The molecule has 39 heavy (non-hydrogen) atoms. The first-order chi connectivity index (χ1) is 18.7. The Morgan fingerprint density at radius 3 is 2.62 bits per heavy atom. The van der Waals surface area contributed by atoms with Crippen molar-refractivity contribution >= 4 is 17.6 Å². The Labute approximate surface area is 225 Å². The number of amides is 1. The number of benzene rings is 2. The number of anilines is 1. The van der Waals surface area contributed by atoms with Gasteiger partial charge in [-0.1, -0.05) is 12.1 Å². The normalized spacial score (nSPS) is 19.5. The van der Waals surface area contributed by atoms with Gasteiger partial charge in [-0.3, -0.25) is 14.5 Å². The van der Waals surface area contributed by atoms with Crippen LogP contribution in [0.25, 0.3) is 0 Å². The summed E-state index contributed by atoms with van der Waals surface area (Å²) in [5.74, 6) is 0.139. The molecule has 10 heteroatoms. The molecule has 210 valence electrons. The molecule has 0 radical (unpaired) electrons. The van der Waals surface area contributed by atoms with Crippen molar-refractivity contribution in [3.8, 4) is 11.5 Å². The molecule has 0 aromatic heterocycles. The second kappa shape index (κ2) is 11.5. The van der Waals surface area contributed by atoms with Crippen LogP contribution in [-0.4, -0.2) is 55.9 Å². The van der Waals surface area contributed by atoms with Crippen LogP contribution in [0.2, 0.25) is 0 Å². The van der Waals surface area contributed by atoms with E-state index in [1.807, 2.05) is 17.0 Å². The number of nitrogens with zero attached hydrogens (tertiary/aromatic N) is 2. The van der Waals surface area contributed by atoms with Crippen LogP contribution in [0.5, 0.6) is 11.5 Å². The summed E-state index contributed by atoms with van der Waals surface area (Å²) < 4.78 is 54.1. The second-order valence-corrected chi connectivity index (χ2v) is 10.4. The third-order valence-corrected chi connectivity index (χ3v) is 7.46. The van der Waals surface area contributed by atoms with Crippen molar-refractivity contribution in [2.45, 2.75) is 57.9 Å². The highest BCUT2D eigenvalue weighted by molar-refractivity contribution is 5.97. The molecule has 2 aromatic rings. The molecule has 5 rings (SSSR count). The van der Waals surface area contributed by atoms with E-state index < -0.39 is 6.36 Å². The molecule has 0 N–H and O–H groups in total. The van der Waals surface area contributed by atoms with Crippen LogP contribution in [0.3, 0.4) is 0 Å². The Morgan fingerprint density at radius 1 is 1.05 bits per heavy atom. The van der Waals surface area contributed by atoms with Crippen LogP contribution in [-0.2, 0) is 27.4 Å². The number of piperidine rings is 1. The van der Waals surface area contributed by atoms with Gasteiger partial charge in [0.1, 0.15) is 18.1 Å². The average Bonchev–Trinajstić information content (AvgIpc) is 3.65. The van der Waals surface area contributed by atoms with Gasteiger partial charge < -0.3 is 19.1 Å². The predicted octanol–water partition coefficient (Wildman–Crippen LogP) is 5.21. The molecule has 1 aliphatic carbocycles. The van der Waals surface area contributed by atoms with Crippen molar-refractivity contribution in [2.24, 2.45) is 5.92 Å². The quantitative estimate of drug-likeness (QED) is 0.403. The summed E-state index contributed by atoms with van der Waals surface area (Å²) in [6.45, 7) is 4.34. The van der Waals surface area contributed by atoms with Crippen LogP contribution in [0.15, 0.2) is 36.4 Å². The molecule has 2 fully saturated rings. The van der Waals surface area contributed by atoms with E-state index in [9.17, 15) is 22.8 Å². The Kier molecular flexibility index (Phi) is 8.02. The van der Waals surface area contributed by atoms with Crippen molar-refractivity contribution in [3.05, 3.63) is 53.1 Å². The van der Waals surface area contributed by atoms with Gasteiger partial charge in [-0.05, 0) is 92.4 Å². The zero-order valence-electron chi connectivity index (χ0n) is 22.0. The van der Waals surface area contributed by atoms with E-state index >= 15 is 0 Å². The molecular formula is C29H33F3N2O5. The van der Waals surface area contributed by atoms with Gasteiger partial charge >= 0.3 is 12.3 Å². The summed E-state index contributed by atoms with van der Waals surface area (Å²) in [6, 6.07) is 10.4. The molecule has 0 bridgehead atoms. The van der Waals surface area contributed by atoms with Crippen LogP contribution < -0.4 is 14.4 Å². The summed E-state index contributed by atoms with van der Waals surface area (Å²) in [6.07, 6.45) is -0.705. The Bertz CT molecular complexity index is 1210. The van der Waals surface area contributed by atoms with Crippen LogP contribution in [0.1, 0.15) is 55.2 Å². The lowest BCUT2D eigenvalue weighted by Crippen LogP contribution is -2.45. The minimum atomic E-state index is -4.75. The standard InChI is InChI=1S/C29H33F3N2O5/c1-2-37-28(36)22-4-3-12-33(16-22)17-27(35)34-13-11-21-15-23(8-10-25(21)34)38-18-19-5-9-24(20-6-7-20)26(14-19)39-29(30,31)32/h5,8-10,14-15,20,22H,2-4,6-7,11-13,16-18H2,1H3/t22-/m1/s1. The number of fused-ring (bicyclic) bond motifs is 1. The zero-order chi connectivity index (χ0) is 27.6. The summed E-state index contributed by atoms with van der Waals surface area (Å²) in [4.78, 5) is 29.1. The first-order valence-electron chi connectivity index (χ1n) is 13.5. The first kappa shape index (κ1) is 27.3. The van der Waals surface area contributed by atoms with E-state index in [0.717, 1.165) is 43.5 Å². The van der Waals surface area contributed by atoms with E-state index in [1.54, 1.807) is 30.0 Å². The maximum absolute atomic E-state index is 13.1. The minimum absolute atomic E-state index is 0.0140. The number of halogens is 3. The molecule has 1 amide bonds. The molecule has 2 aliphatic heterocycles. The highest BCUT2D eigenvalue weighted by atomic mass is 19.4. The molecule has 1 atom stereocenters. The lowest BCUT2D eigenvalue weighted by atomic mass is 9.98. The molecule has 3 aliphatic rings. The number of carbonyl (C=O) groups excluding carboxylic acids is 2. The van der Waals surface area contributed by atoms with Gasteiger partial charge in [-0.2, -0.15) is 0 Å². The molecule has 2 aromatic carbocycles. The van der Waals surface area contributed by atoms with Gasteiger partial charge in [0.15, 0.2) is 0 Å². The highest BCUT2D eigenvalue weighted by Crippen LogP contribution is 2.45. The molecule has 1 saturated carbocycles. The van der Waals surface area contributed by atoms with Gasteiger partial charge in [0, 0.05) is 18.8 Å². The highest BCUT2D eigenvalue weighted by Gasteiger charge is 2.35. The predicted molar refractivity (Wildman–Crippen MR) is 138 cm³/mol. The molecular weight excluding hydrogens is 513 g/mol. The van der Waals surface area contributed by atoms with E-state index in [2.05, 4.69) is 4.74 Å². The van der Waals surface area contributed by atoms with Gasteiger partial charge in [-0.25, -0.2) is 0 Å². The van der Waals surface area contributed by atoms with Gasteiger partial charge in [0.05, 0.1) is 19.1 Å². The number of hydrogen-bond acceptors (Lipinski definition) is 6. The van der Waals surface area contributed by atoms with E-state index in [-0.39, 0.29) is 42.6 Å². The van der Waals surface area contributed by atoms with Gasteiger partial charge in [0.2, 0.25) is 5.91 Å². The number of esters is 1. The molecule has 1 saturated heterocycles. The van der Waals surface area contributed by atoms with E-state index in [4.69, 9.17) is 9.47 Å². The van der Waals surface area contributed by atoms with Crippen LogP contribution in [0.4, 0.5) is 18.9 Å². The second-order valence-electron chi connectivity index (χ2n) is 10.4. The maximum Gasteiger partial charge on any atom is 0.573 e. The minimum Gasteiger partial charge on any atom is -0.489 e. The number of carbonyl (C=O) groups is 2. The summed E-state index contributed by atoms with van der Waals surface area (Å²) in [5.41, 5.74) is 2.98. The van der Waals surface area contributed by atoms with E-state index in [0.29, 0.717) is 43.0 Å². The van der Waals surface area contributed by atoms with Crippen molar-refractivity contribution in [3.63, 3.8) is 0 Å². The molecule has 7 nitrogen and oxygen atoms in total. The third kappa shape index (κ3) is 6.84. The third-order valence-electron chi connectivity index (χ3n) is 7.46. The number of alkyl halides is 3. The first-order valence-corrected chi connectivity index (χ1v) is 13.5. The fraction of sp³-hybridized carbons (Fsp3) is 0.517. The largest absolute Gasteiger partial charge is 0.573 e. The SMILES string of the molecule is CCOC(=O)[C@@H]1CCCN(CC(=O)N2CCc3cc(OCc4ccc(C5CC5)c(OC(F)(F)F)c4)ccc32)C1. The summed E-state index contributed by atoms with van der Waals surface area (Å²) >= 11 is 0. The Morgan fingerprint density at radius 2 is 1.87 bits per heavy atom. The maximum atomic E-state index is 13.1. The lowest BCUT2D eigenvalue weighted by molar-refractivity contribution is -0.274. The topological polar surface area (TPSA) is 68.3 Å². The van der Waals surface area contributed by atoms with Crippen LogP contribution >= 0.6 is 0 Å². The lowest BCUT2D eigenvalue weighted by Gasteiger charge is -2.32. The number of likely N-dealkylation sites (tertiary alicyclic amines) is 1. The van der Waals surface area contributed by atoms with E-state index in [1.165, 1.54) is 6.07 Å². The zero-order valence-corrected chi connectivity index (χ0v) is 22.0. The number of ether oxygens (including phenoxy) is 3. The van der Waals surface area contributed by atoms with Gasteiger partial charge in [0.25, 0.3) is 0 Å². The number of hydrogen-bond donors (Lipinski definition) is 0. The Balaban J connectivity index is 1.19. The van der Waals surface area contributed by atoms with Crippen LogP contribution in [0, 0.1) is 5.92 Å². The fourth-order valence-corrected chi connectivity index (χ4v) is 5.44. The molecule has 0 spiro atoms. The van der Waals surface area contributed by atoms with Crippen molar-refractivity contribution < 1.29 is 37.0 Å². The molecule has 0 unspecified atom stereocenters. The fourth-order valence-electron chi connectivity index (χ4n) is 5.44. The molecule has 2 heterocycles. The monoisotopic (exact) mass is 546 g/mol. The number of rotatable bonds is 9. The van der Waals surface area contributed by atoms with Crippen molar-refractivity contribution in [2.75, 3.05) is 37.7 Å². The smallest absolute Gasteiger partial charge is 0.489 e. The Hall–Kier alpha value is -3.27. The van der Waals surface area contributed by atoms with Crippen molar-refractivity contribution in [1.82, 2.24) is 4.90 Å². The van der Waals surface area contributed by atoms with Crippen molar-refractivity contribution in [1.29, 1.82) is 0 Å². The summed E-state index contributed by atoms with van der Waals surface area (Å²) in [5, 5.41) is 0. The summed E-state index contributed by atoms with van der Waals surface area (Å²) in [7, 11) is 0. The average molecular weight is 547 g/mol.